The van der Waals surface area contributed by atoms with E-state index in [1.807, 2.05) is 72.8 Å². The van der Waals surface area contributed by atoms with Gasteiger partial charge < -0.3 is 4.74 Å². The summed E-state index contributed by atoms with van der Waals surface area (Å²) in [6, 6.07) is 19.5. The van der Waals surface area contributed by atoms with Crippen molar-refractivity contribution in [2.45, 2.75) is 0 Å². The molecule has 2 aromatic carbocycles. The normalized spacial score (nSPS) is 11.0. The predicted octanol–water partition coefficient (Wildman–Crippen LogP) is 3.96. The van der Waals surface area contributed by atoms with Crippen LogP contribution in [0.1, 0.15) is 11.1 Å². The van der Waals surface area contributed by atoms with Gasteiger partial charge >= 0.3 is 5.97 Å². The molecule has 0 aliphatic rings. The molecule has 0 spiro atoms. The fraction of sp³-hybridized carbons (Fsp3) is 0.0556. The molecule has 2 heteroatoms. The average molecular weight is 266 g/mol. The van der Waals surface area contributed by atoms with Gasteiger partial charge in [-0.25, -0.2) is 4.79 Å². The lowest BCUT2D eigenvalue weighted by Gasteiger charge is -1.97. The van der Waals surface area contributed by atoms with Crippen molar-refractivity contribution < 1.29 is 9.53 Å². The first-order chi connectivity index (χ1) is 9.84. The Labute approximate surface area is 119 Å². The van der Waals surface area contributed by atoms with Crippen LogP contribution in [0.3, 0.4) is 0 Å². The zero-order valence-electron chi connectivity index (χ0n) is 11.1. The number of esters is 1. The van der Waals surface area contributed by atoms with Gasteiger partial charge in [0.2, 0.25) is 0 Å². The average Bonchev–Trinajstić information content (AvgIpc) is 2.52. The molecule has 0 saturated heterocycles. The highest BCUT2D eigenvalue weighted by Crippen LogP contribution is 2.02. The first-order valence-corrected chi connectivity index (χ1v) is 6.46. The highest BCUT2D eigenvalue weighted by molar-refractivity contribution is 5.87. The molecule has 20 heavy (non-hydrogen) atoms. The van der Waals surface area contributed by atoms with E-state index in [4.69, 9.17) is 4.74 Å². The third-order valence-corrected chi connectivity index (χ3v) is 2.64. The summed E-state index contributed by atoms with van der Waals surface area (Å²) in [4.78, 5) is 11.5. The van der Waals surface area contributed by atoms with Crippen LogP contribution in [0.2, 0.25) is 0 Å². The molecule has 0 bridgehead atoms. The number of ether oxygens (including phenoxy) is 1. The van der Waals surface area contributed by atoms with Crippen molar-refractivity contribution in [1.29, 1.82) is 0 Å². The summed E-state index contributed by atoms with van der Waals surface area (Å²) in [6.45, 7) is 0.271. The summed E-state index contributed by atoms with van der Waals surface area (Å²) in [5.74, 6) is -0.341. The smallest absolute Gasteiger partial charge is 0.331 e. The zero-order valence-corrected chi connectivity index (χ0v) is 11.1. The number of carbonyl (C=O) groups excluding carboxylic acids is 1. The molecule has 0 amide bonds. The van der Waals surface area contributed by atoms with Crippen molar-refractivity contribution in [2.75, 3.05) is 6.61 Å². The Morgan fingerprint density at radius 2 is 1.40 bits per heavy atom. The lowest BCUT2D eigenvalue weighted by atomic mass is 10.2. The van der Waals surface area contributed by atoms with Crippen LogP contribution >= 0.6 is 0 Å². The number of carbonyl (C=O) groups is 1. The van der Waals surface area contributed by atoms with Gasteiger partial charge in [-0.3, -0.25) is 0 Å². The van der Waals surface area contributed by atoms with E-state index in [0.29, 0.717) is 0 Å². The van der Waals surface area contributed by atoms with Crippen LogP contribution in [0.4, 0.5) is 0 Å². The minimum atomic E-state index is -0.341. The second-order valence-corrected chi connectivity index (χ2v) is 4.19. The Bertz CT molecular complexity index is 583. The minimum absolute atomic E-state index is 0.271. The highest BCUT2D eigenvalue weighted by atomic mass is 18.3. The third-order valence-electron chi connectivity index (χ3n) is 2.64. The first-order valence-electron chi connectivity index (χ1n) is 6.46. The van der Waals surface area contributed by atoms with E-state index in [9.17, 15) is 4.79 Å². The van der Waals surface area contributed by atoms with E-state index >= 15 is 0 Å². The van der Waals surface area contributed by atoms with E-state index < -0.39 is 0 Å². The van der Waals surface area contributed by atoms with E-state index in [-0.39, 0.29) is 12.6 Å². The van der Waals surface area contributed by atoms with Crippen LogP contribution in [-0.2, 0) is 9.53 Å². The maximum atomic E-state index is 11.5. The summed E-state index contributed by atoms with van der Waals surface area (Å²) in [5.41, 5.74) is 2.06. The fourth-order valence-corrected chi connectivity index (χ4v) is 1.66. The second-order valence-electron chi connectivity index (χ2n) is 4.19. The molecule has 0 radical (unpaired) electrons. The van der Waals surface area contributed by atoms with Gasteiger partial charge in [0, 0.05) is 6.08 Å². The molecular weight excluding hydrogens is 250 g/mol. The minimum Gasteiger partial charge on any atom is -0.458 e. The molecule has 0 aromatic heterocycles. The van der Waals surface area contributed by atoms with Crippen molar-refractivity contribution in [1.82, 2.24) is 0 Å². The monoisotopic (exact) mass is 266 g/mol. The van der Waals surface area contributed by atoms with Gasteiger partial charge in [0.15, 0.2) is 0 Å². The van der Waals surface area contributed by atoms with Crippen LogP contribution < -0.4 is 0 Å². The van der Waals surface area contributed by atoms with Crippen LogP contribution in [0, 0.1) is 0 Å². The second kappa shape index (κ2) is 7.74. The molecule has 2 aromatic rings. The topological polar surface area (TPSA) is 26.3 Å². The standard InChI is InChI=1S/C18H16O2/c19-18(14-13-17-10-5-2-6-11-17)20-15-7-12-16-8-3-1-4-9-16/h1-14H,15H2/b12-7+,14-13+/i20+2. The SMILES string of the molecule is O=C(/C=C/c1ccccc1)[18O]C/C=C/c1ccccc1. The molecule has 0 unspecified atom stereocenters. The maximum absolute atomic E-state index is 11.5. The van der Waals surface area contributed by atoms with Gasteiger partial charge in [-0.2, -0.15) is 0 Å². The van der Waals surface area contributed by atoms with Crippen LogP contribution in [0.5, 0.6) is 0 Å². The lowest BCUT2D eigenvalue weighted by Crippen LogP contribution is -1.99. The fourth-order valence-electron chi connectivity index (χ4n) is 1.66. The number of benzene rings is 2. The zero-order chi connectivity index (χ0) is 14.0. The summed E-state index contributed by atoms with van der Waals surface area (Å²) in [5, 5.41) is 0. The molecule has 0 saturated carbocycles. The van der Waals surface area contributed by atoms with E-state index in [1.54, 1.807) is 6.08 Å². The molecule has 100 valence electrons. The summed E-state index contributed by atoms with van der Waals surface area (Å²) < 4.78 is 5.07. The Morgan fingerprint density at radius 3 is 2.00 bits per heavy atom. The molecule has 0 heterocycles. The Hall–Kier alpha value is -2.61. The molecule has 2 rings (SSSR count). The van der Waals surface area contributed by atoms with E-state index in [2.05, 4.69) is 0 Å². The maximum Gasteiger partial charge on any atom is 0.331 e. The molecular formula is C18H16O2. The summed E-state index contributed by atoms with van der Waals surface area (Å²) >= 11 is 0. The Balaban J connectivity index is 1.76. The van der Waals surface area contributed by atoms with Gasteiger partial charge in [-0.15, -0.1) is 0 Å². The summed E-state index contributed by atoms with van der Waals surface area (Å²) in [6.07, 6.45) is 6.92. The first kappa shape index (κ1) is 13.8. The number of rotatable bonds is 5. The van der Waals surface area contributed by atoms with Crippen molar-refractivity contribution in [3.8, 4) is 0 Å². The molecule has 2 nitrogen and oxygen atoms in total. The van der Waals surface area contributed by atoms with Gasteiger partial charge in [0.25, 0.3) is 0 Å². The number of hydrogen-bond acceptors (Lipinski definition) is 2. The lowest BCUT2D eigenvalue weighted by molar-refractivity contribution is -0.136. The van der Waals surface area contributed by atoms with Crippen molar-refractivity contribution in [2.24, 2.45) is 0 Å². The van der Waals surface area contributed by atoms with Crippen LogP contribution in [0.15, 0.2) is 72.8 Å². The van der Waals surface area contributed by atoms with E-state index in [1.165, 1.54) is 6.08 Å². The Morgan fingerprint density at radius 1 is 0.850 bits per heavy atom. The summed E-state index contributed by atoms with van der Waals surface area (Å²) in [7, 11) is 0. The van der Waals surface area contributed by atoms with Crippen molar-refractivity contribution in [3.63, 3.8) is 0 Å². The quantitative estimate of drug-likeness (QED) is 0.465. The highest BCUT2D eigenvalue weighted by Gasteiger charge is 1.94. The van der Waals surface area contributed by atoms with Crippen molar-refractivity contribution in [3.05, 3.63) is 83.9 Å². The van der Waals surface area contributed by atoms with Gasteiger partial charge in [-0.1, -0.05) is 66.7 Å². The predicted molar refractivity (Wildman–Crippen MR) is 81.9 cm³/mol. The van der Waals surface area contributed by atoms with Gasteiger partial charge in [0.05, 0.1) is 0 Å². The Kier molecular flexibility index (Phi) is 5.35. The van der Waals surface area contributed by atoms with Gasteiger partial charge in [-0.05, 0) is 23.3 Å². The van der Waals surface area contributed by atoms with Gasteiger partial charge in [0.1, 0.15) is 6.61 Å². The van der Waals surface area contributed by atoms with E-state index in [0.717, 1.165) is 11.1 Å². The number of hydrogen-bond donors (Lipinski definition) is 0. The van der Waals surface area contributed by atoms with Crippen LogP contribution in [0.25, 0.3) is 12.2 Å². The molecule has 0 N–H and O–H groups in total. The molecule has 0 fully saturated rings. The molecule has 0 atom stereocenters. The van der Waals surface area contributed by atoms with Crippen LogP contribution in [-0.4, -0.2) is 12.6 Å². The third kappa shape index (κ3) is 4.94. The van der Waals surface area contributed by atoms with Crippen molar-refractivity contribution >= 4 is 18.1 Å². The molecule has 0 aliphatic carbocycles. The molecule has 0 aliphatic heterocycles. The largest absolute Gasteiger partial charge is 0.458 e.